The number of aliphatic hydroxyl groups is 1. The summed E-state index contributed by atoms with van der Waals surface area (Å²) in [5.74, 6) is -0.871. The molecule has 3 N–H and O–H groups in total. The van der Waals surface area contributed by atoms with Crippen molar-refractivity contribution in [2.24, 2.45) is 0 Å². The van der Waals surface area contributed by atoms with Crippen molar-refractivity contribution in [3.63, 3.8) is 0 Å². The SMILES string of the molecule is CCCC(C)NC(=O)C(c1c(C)cccc1C)N(CCO)C(=O)C(CS)NC(=O)OC(C)(C)C. The maximum atomic E-state index is 13.6. The van der Waals surface area contributed by atoms with Crippen molar-refractivity contribution < 1.29 is 24.2 Å². The maximum Gasteiger partial charge on any atom is 0.408 e. The molecule has 1 aromatic rings. The van der Waals surface area contributed by atoms with Crippen LogP contribution in [0.2, 0.25) is 0 Å². The van der Waals surface area contributed by atoms with Gasteiger partial charge in [-0.3, -0.25) is 9.59 Å². The molecular weight excluding hydrogens is 454 g/mol. The Kier molecular flexibility index (Phi) is 11.9. The number of aliphatic hydroxyl groups excluding tert-OH is 1. The number of aryl methyl sites for hydroxylation is 2. The highest BCUT2D eigenvalue weighted by atomic mass is 32.1. The molecule has 0 saturated carbocycles. The van der Waals surface area contributed by atoms with E-state index in [-0.39, 0.29) is 30.9 Å². The summed E-state index contributed by atoms with van der Waals surface area (Å²) in [6.07, 6.45) is 0.933. The first kappa shape index (κ1) is 29.8. The van der Waals surface area contributed by atoms with Crippen molar-refractivity contribution in [2.45, 2.75) is 85.0 Å². The van der Waals surface area contributed by atoms with Crippen LogP contribution in [-0.4, -0.2) is 64.5 Å². The number of nitrogens with one attached hydrogen (secondary N) is 2. The Bertz CT molecular complexity index is 820. The lowest BCUT2D eigenvalue weighted by Crippen LogP contribution is -2.55. The highest BCUT2D eigenvalue weighted by molar-refractivity contribution is 7.80. The lowest BCUT2D eigenvalue weighted by Gasteiger charge is -2.35. The van der Waals surface area contributed by atoms with E-state index in [1.165, 1.54) is 4.90 Å². The number of hydrogen-bond acceptors (Lipinski definition) is 6. The van der Waals surface area contributed by atoms with E-state index < -0.39 is 29.7 Å². The fourth-order valence-corrected chi connectivity index (χ4v) is 4.07. The van der Waals surface area contributed by atoms with E-state index >= 15 is 0 Å². The Morgan fingerprint density at radius 2 is 1.74 bits per heavy atom. The third-order valence-electron chi connectivity index (χ3n) is 5.28. The first-order valence-electron chi connectivity index (χ1n) is 11.7. The number of thiol groups is 1. The largest absolute Gasteiger partial charge is 0.444 e. The van der Waals surface area contributed by atoms with Crippen LogP contribution >= 0.6 is 12.6 Å². The van der Waals surface area contributed by atoms with Crippen molar-refractivity contribution in [3.05, 3.63) is 34.9 Å². The molecule has 0 bridgehead atoms. The van der Waals surface area contributed by atoms with Crippen LogP contribution in [0.1, 0.15) is 70.2 Å². The number of amides is 3. The monoisotopic (exact) mass is 495 g/mol. The van der Waals surface area contributed by atoms with Gasteiger partial charge in [0.2, 0.25) is 11.8 Å². The third kappa shape index (κ3) is 8.83. The minimum atomic E-state index is -1.04. The molecule has 0 saturated heterocycles. The minimum Gasteiger partial charge on any atom is -0.444 e. The van der Waals surface area contributed by atoms with E-state index in [1.807, 2.05) is 45.9 Å². The average Bonchev–Trinajstić information content (AvgIpc) is 2.71. The normalized spacial score (nSPS) is 14.0. The topological polar surface area (TPSA) is 108 Å². The number of ether oxygens (including phenoxy) is 1. The smallest absolute Gasteiger partial charge is 0.408 e. The summed E-state index contributed by atoms with van der Waals surface area (Å²) in [5, 5.41) is 15.4. The maximum absolute atomic E-state index is 13.6. The van der Waals surface area contributed by atoms with Gasteiger partial charge in [-0.2, -0.15) is 12.6 Å². The Morgan fingerprint density at radius 3 is 2.21 bits per heavy atom. The van der Waals surface area contributed by atoms with E-state index in [4.69, 9.17) is 4.74 Å². The molecule has 1 rings (SSSR count). The zero-order valence-corrected chi connectivity index (χ0v) is 22.4. The molecule has 3 amide bonds. The van der Waals surface area contributed by atoms with Gasteiger partial charge >= 0.3 is 6.09 Å². The molecule has 0 aliphatic heterocycles. The molecule has 9 heteroatoms. The fraction of sp³-hybridized carbons (Fsp3) is 0.640. The fourth-order valence-electron chi connectivity index (χ4n) is 3.82. The molecule has 3 unspecified atom stereocenters. The Morgan fingerprint density at radius 1 is 1.15 bits per heavy atom. The summed E-state index contributed by atoms with van der Waals surface area (Å²) in [5.41, 5.74) is 1.65. The number of nitrogens with zero attached hydrogens (tertiary/aromatic N) is 1. The van der Waals surface area contributed by atoms with Gasteiger partial charge in [0.05, 0.1) is 6.61 Å². The van der Waals surface area contributed by atoms with Gasteiger partial charge in [0, 0.05) is 18.3 Å². The van der Waals surface area contributed by atoms with Crippen LogP contribution in [-0.2, 0) is 14.3 Å². The second-order valence-electron chi connectivity index (χ2n) is 9.54. The summed E-state index contributed by atoms with van der Waals surface area (Å²) >= 11 is 4.25. The van der Waals surface area contributed by atoms with Gasteiger partial charge in [0.25, 0.3) is 0 Å². The van der Waals surface area contributed by atoms with Crippen LogP contribution in [0.4, 0.5) is 4.79 Å². The van der Waals surface area contributed by atoms with E-state index in [9.17, 15) is 19.5 Å². The standard InChI is InChI=1S/C25H41N3O5S/c1-8-10-18(4)26-22(30)21(20-16(2)11-9-12-17(20)3)28(13-14-29)23(31)19(15-34)27-24(32)33-25(5,6)7/h9,11-12,18-19,21,29,34H,8,10,13-15H2,1-7H3,(H,26,30)(H,27,32). The van der Waals surface area contributed by atoms with Gasteiger partial charge in [0.15, 0.2) is 0 Å². The predicted molar refractivity (Wildman–Crippen MR) is 137 cm³/mol. The van der Waals surface area contributed by atoms with E-state index in [0.717, 1.165) is 24.0 Å². The van der Waals surface area contributed by atoms with Gasteiger partial charge in [-0.25, -0.2) is 4.79 Å². The number of hydrogen-bond donors (Lipinski definition) is 4. The van der Waals surface area contributed by atoms with Crippen molar-refractivity contribution >= 4 is 30.5 Å². The molecule has 34 heavy (non-hydrogen) atoms. The van der Waals surface area contributed by atoms with Crippen LogP contribution in [0, 0.1) is 13.8 Å². The van der Waals surface area contributed by atoms with E-state index in [0.29, 0.717) is 5.56 Å². The zero-order chi connectivity index (χ0) is 26.1. The number of carbonyl (C=O) groups excluding carboxylic acids is 3. The zero-order valence-electron chi connectivity index (χ0n) is 21.5. The number of rotatable bonds is 11. The third-order valence-corrected chi connectivity index (χ3v) is 5.65. The molecule has 0 aliphatic carbocycles. The lowest BCUT2D eigenvalue weighted by molar-refractivity contribution is -0.142. The van der Waals surface area contributed by atoms with E-state index in [2.05, 4.69) is 23.3 Å². The molecule has 0 aliphatic rings. The Hall–Kier alpha value is -2.26. The molecule has 0 spiro atoms. The van der Waals surface area contributed by atoms with Crippen LogP contribution in [0.15, 0.2) is 18.2 Å². The summed E-state index contributed by atoms with van der Waals surface area (Å²) in [7, 11) is 0. The van der Waals surface area contributed by atoms with Crippen molar-refractivity contribution in [1.82, 2.24) is 15.5 Å². The number of carbonyl (C=O) groups is 3. The Labute approximate surface area is 209 Å². The molecule has 3 atom stereocenters. The number of alkyl carbamates (subject to hydrolysis) is 1. The molecule has 0 fully saturated rings. The first-order valence-corrected chi connectivity index (χ1v) is 12.4. The van der Waals surface area contributed by atoms with E-state index in [1.54, 1.807) is 20.8 Å². The molecule has 0 aromatic heterocycles. The van der Waals surface area contributed by atoms with Crippen LogP contribution in [0.5, 0.6) is 0 Å². The molecule has 0 radical (unpaired) electrons. The molecule has 0 heterocycles. The second-order valence-corrected chi connectivity index (χ2v) is 9.91. The van der Waals surface area contributed by atoms with Crippen LogP contribution in [0.25, 0.3) is 0 Å². The van der Waals surface area contributed by atoms with Crippen molar-refractivity contribution in [2.75, 3.05) is 18.9 Å². The Balaban J connectivity index is 3.43. The second kappa shape index (κ2) is 13.6. The quantitative estimate of drug-likeness (QED) is 0.352. The molecule has 1 aromatic carbocycles. The molecule has 192 valence electrons. The molecular formula is C25H41N3O5S. The van der Waals surface area contributed by atoms with Crippen molar-refractivity contribution in [3.8, 4) is 0 Å². The van der Waals surface area contributed by atoms with Crippen molar-refractivity contribution in [1.29, 1.82) is 0 Å². The highest BCUT2D eigenvalue weighted by Crippen LogP contribution is 2.29. The molecule has 8 nitrogen and oxygen atoms in total. The van der Waals surface area contributed by atoms with Gasteiger partial charge in [-0.1, -0.05) is 31.5 Å². The lowest BCUT2D eigenvalue weighted by atomic mass is 9.93. The predicted octanol–water partition coefficient (Wildman–Crippen LogP) is 3.29. The van der Waals surface area contributed by atoms with Gasteiger partial charge in [0.1, 0.15) is 17.7 Å². The van der Waals surface area contributed by atoms with Crippen LogP contribution in [0.3, 0.4) is 0 Å². The first-order chi connectivity index (χ1) is 15.9. The van der Waals surface area contributed by atoms with Gasteiger partial charge in [-0.15, -0.1) is 0 Å². The van der Waals surface area contributed by atoms with Crippen LogP contribution < -0.4 is 10.6 Å². The summed E-state index contributed by atoms with van der Waals surface area (Å²) in [6.45, 7) is 12.4. The number of benzene rings is 1. The minimum absolute atomic E-state index is 0.00661. The van der Waals surface area contributed by atoms with Gasteiger partial charge in [-0.05, 0) is 64.7 Å². The van der Waals surface area contributed by atoms with Gasteiger partial charge < -0.3 is 25.4 Å². The highest BCUT2D eigenvalue weighted by Gasteiger charge is 2.37. The summed E-state index contributed by atoms with van der Waals surface area (Å²) < 4.78 is 5.29. The average molecular weight is 496 g/mol. The summed E-state index contributed by atoms with van der Waals surface area (Å²) in [6, 6.07) is 3.54. The summed E-state index contributed by atoms with van der Waals surface area (Å²) in [4.78, 5) is 40.9.